The maximum Gasteiger partial charge on any atom is 0.481 e. The molecule has 0 spiro atoms. The van der Waals surface area contributed by atoms with Gasteiger partial charge in [-0.1, -0.05) is 134 Å². The predicted octanol–water partition coefficient (Wildman–Crippen LogP) is 7.82. The largest absolute Gasteiger partial charge is 0.481 e. The molecule has 21 heteroatoms. The van der Waals surface area contributed by atoms with E-state index in [1.54, 1.807) is 18.2 Å². The van der Waals surface area contributed by atoms with Gasteiger partial charge in [0.05, 0.1) is 19.3 Å². The van der Waals surface area contributed by atoms with Crippen molar-refractivity contribution in [3.8, 4) is 0 Å². The molecule has 0 radical (unpaired) electrons. The minimum absolute atomic E-state index is 0.00873. The lowest BCUT2D eigenvalue weighted by Crippen LogP contribution is -2.36. The van der Waals surface area contributed by atoms with Crippen molar-refractivity contribution < 1.29 is 71.4 Å². The fraction of sp³-hybridized carbons (Fsp3) is 0.696. The molecular formula is C46H77N3O16P2. The van der Waals surface area contributed by atoms with Gasteiger partial charge < -0.3 is 45.1 Å². The number of esters is 2. The molecule has 3 unspecified atom stereocenters. The Labute approximate surface area is 395 Å². The molecule has 0 aliphatic carbocycles. The number of aliphatic hydroxyl groups excluding tert-OH is 3. The highest BCUT2D eigenvalue weighted by atomic mass is 31.3. The standard InChI is InChI=1S/C46H77N3O16P2/c1-4-5-6-7-8-9-13-17-22-27-37(50)28-23-18-15-20-24-29-41(51)60-33-38(63-42(52)30-25-19-14-11-10-12-16-21-26-36(2)3)34-61-66(56,57)65-67(58,59)62-35-39-43(53)44(54)45(64-39)49-32-31-40(47)48-46(49)55/h8-9,15,17-18,22-23,28,31-32,36-39,43-45,50,53-54H,4-7,10-14,16,19-21,24-27,29-30,33-35H2,1-3H3,(H,56,57)(H,58,59)(H2,47,48,55)/b9-8-,18-15+,22-17-,28-23-/t37?,38-,39-,43-,44-,45-/m1/s1. The van der Waals surface area contributed by atoms with E-state index in [1.807, 2.05) is 18.2 Å². The Morgan fingerprint density at radius 2 is 1.49 bits per heavy atom. The van der Waals surface area contributed by atoms with E-state index in [0.29, 0.717) is 31.6 Å². The number of unbranched alkanes of at least 4 members (excludes halogenated alkanes) is 11. The van der Waals surface area contributed by atoms with E-state index in [9.17, 15) is 48.6 Å². The first-order valence-corrected chi connectivity index (χ1v) is 26.6. The summed E-state index contributed by atoms with van der Waals surface area (Å²) >= 11 is 0. The number of carbonyl (C=O) groups is 2. The first kappa shape index (κ1) is 59.8. The topological polar surface area (TPSA) is 286 Å². The second-order valence-corrected chi connectivity index (χ2v) is 20.0. The molecule has 0 aromatic carbocycles. The average Bonchev–Trinajstić information content (AvgIpc) is 3.54. The molecule has 2 heterocycles. The van der Waals surface area contributed by atoms with Crippen LogP contribution >= 0.6 is 15.6 Å². The van der Waals surface area contributed by atoms with Gasteiger partial charge in [0.15, 0.2) is 12.3 Å². The Morgan fingerprint density at radius 3 is 2.19 bits per heavy atom. The quantitative estimate of drug-likeness (QED) is 0.0122. The first-order valence-electron chi connectivity index (χ1n) is 23.6. The van der Waals surface area contributed by atoms with Crippen molar-refractivity contribution in [2.45, 2.75) is 180 Å². The Bertz CT molecular complexity index is 1840. The lowest BCUT2D eigenvalue weighted by molar-refractivity contribution is -0.161. The van der Waals surface area contributed by atoms with Crippen LogP contribution in [0, 0.1) is 5.92 Å². The number of carbonyl (C=O) groups excluding carboxylic acids is 2. The average molecular weight is 990 g/mol. The minimum Gasteiger partial charge on any atom is -0.462 e. The van der Waals surface area contributed by atoms with Crippen LogP contribution in [-0.2, 0) is 46.3 Å². The summed E-state index contributed by atoms with van der Waals surface area (Å²) in [7, 11) is -10.9. The third-order valence-electron chi connectivity index (χ3n) is 10.4. The second kappa shape index (κ2) is 34.1. The van der Waals surface area contributed by atoms with E-state index >= 15 is 0 Å². The lowest BCUT2D eigenvalue weighted by Gasteiger charge is -2.21. The molecule has 19 nitrogen and oxygen atoms in total. The monoisotopic (exact) mass is 989 g/mol. The van der Waals surface area contributed by atoms with Gasteiger partial charge >= 0.3 is 33.3 Å². The van der Waals surface area contributed by atoms with Crippen LogP contribution in [0.1, 0.15) is 149 Å². The van der Waals surface area contributed by atoms with E-state index in [4.69, 9.17) is 29.0 Å². The zero-order chi connectivity index (χ0) is 49.5. The Balaban J connectivity index is 1.87. The van der Waals surface area contributed by atoms with E-state index in [1.165, 1.54) is 44.6 Å². The first-order chi connectivity index (χ1) is 31.9. The zero-order valence-electron chi connectivity index (χ0n) is 39.5. The van der Waals surface area contributed by atoms with Crippen LogP contribution in [0.5, 0.6) is 0 Å². The van der Waals surface area contributed by atoms with Crippen molar-refractivity contribution in [1.82, 2.24) is 9.55 Å². The molecule has 1 aromatic rings. The summed E-state index contributed by atoms with van der Waals surface area (Å²) in [6.07, 6.45) is 24.1. The number of aliphatic hydroxyl groups is 3. The lowest BCUT2D eigenvalue weighted by atomic mass is 10.0. The van der Waals surface area contributed by atoms with E-state index < -0.39 is 89.8 Å². The maximum atomic E-state index is 12.8. The van der Waals surface area contributed by atoms with E-state index in [2.05, 4.69) is 42.2 Å². The number of ether oxygens (including phenoxy) is 3. The number of hydrogen-bond acceptors (Lipinski definition) is 16. The molecule has 1 saturated heterocycles. The molecule has 1 aromatic heterocycles. The number of nitrogens with zero attached hydrogens (tertiary/aromatic N) is 2. The summed E-state index contributed by atoms with van der Waals surface area (Å²) in [5.41, 5.74) is 4.57. The van der Waals surface area contributed by atoms with Crippen molar-refractivity contribution >= 4 is 33.4 Å². The molecule has 8 atom stereocenters. The van der Waals surface area contributed by atoms with Crippen LogP contribution in [-0.4, -0.2) is 96.9 Å². The van der Waals surface area contributed by atoms with Gasteiger partial charge in [-0.2, -0.15) is 9.29 Å². The van der Waals surface area contributed by atoms with Crippen LogP contribution in [0.15, 0.2) is 65.7 Å². The van der Waals surface area contributed by atoms with Crippen LogP contribution in [0.2, 0.25) is 0 Å². The highest BCUT2D eigenvalue weighted by molar-refractivity contribution is 7.61. The van der Waals surface area contributed by atoms with E-state index in [0.717, 1.165) is 55.7 Å². The summed E-state index contributed by atoms with van der Waals surface area (Å²) in [5.74, 6) is -0.739. The molecule has 382 valence electrons. The van der Waals surface area contributed by atoms with Gasteiger partial charge in [-0.25, -0.2) is 13.9 Å². The summed E-state index contributed by atoms with van der Waals surface area (Å²) in [6, 6.07) is 1.24. The van der Waals surface area contributed by atoms with Gasteiger partial charge in [0.1, 0.15) is 30.7 Å². The smallest absolute Gasteiger partial charge is 0.462 e. The SMILES string of the molecule is CCCCC/C=C\C/C=C\CC(O)/C=C\C=C\CCCC(=O)OC[C@H](COP(=O)(O)OP(=O)(O)OC[C@H]1O[C@@H](n2ccc(N)nc2=O)[C@H](O)[C@@H]1O)OC(=O)CCCCCCCCCCC(C)C. The number of nitrogens with two attached hydrogens (primary N) is 1. The van der Waals surface area contributed by atoms with Crippen LogP contribution in [0.25, 0.3) is 0 Å². The molecular weight excluding hydrogens is 912 g/mol. The van der Waals surface area contributed by atoms with Gasteiger partial charge in [0.25, 0.3) is 0 Å². The second-order valence-electron chi connectivity index (χ2n) is 16.9. The van der Waals surface area contributed by atoms with Crippen molar-refractivity contribution in [2.75, 3.05) is 25.6 Å². The van der Waals surface area contributed by atoms with Crippen LogP contribution in [0.4, 0.5) is 5.82 Å². The van der Waals surface area contributed by atoms with Crippen molar-refractivity contribution in [3.05, 3.63) is 71.4 Å². The molecule has 67 heavy (non-hydrogen) atoms. The summed E-state index contributed by atoms with van der Waals surface area (Å²) in [4.78, 5) is 61.7. The van der Waals surface area contributed by atoms with Crippen molar-refractivity contribution in [1.29, 1.82) is 0 Å². The number of rotatable bonds is 37. The van der Waals surface area contributed by atoms with Crippen LogP contribution in [0.3, 0.4) is 0 Å². The molecule has 0 saturated carbocycles. The number of allylic oxidation sites excluding steroid dienone is 6. The number of nitrogen functional groups attached to an aromatic ring is 1. The van der Waals surface area contributed by atoms with Crippen molar-refractivity contribution in [2.24, 2.45) is 5.92 Å². The maximum absolute atomic E-state index is 12.8. The molecule has 2 rings (SSSR count). The zero-order valence-corrected chi connectivity index (χ0v) is 41.3. The number of anilines is 1. The predicted molar refractivity (Wildman–Crippen MR) is 253 cm³/mol. The van der Waals surface area contributed by atoms with Gasteiger partial charge in [-0.3, -0.25) is 23.2 Å². The molecule has 1 aliphatic rings. The number of phosphoric acid groups is 2. The van der Waals surface area contributed by atoms with E-state index in [-0.39, 0.29) is 18.7 Å². The molecule has 1 fully saturated rings. The summed E-state index contributed by atoms with van der Waals surface area (Å²) < 4.78 is 56.5. The van der Waals surface area contributed by atoms with Gasteiger partial charge in [0, 0.05) is 19.0 Å². The number of hydrogen-bond donors (Lipinski definition) is 6. The molecule has 0 amide bonds. The molecule has 0 bridgehead atoms. The minimum atomic E-state index is -5.44. The Kier molecular flexibility index (Phi) is 30.4. The fourth-order valence-electron chi connectivity index (χ4n) is 6.69. The highest BCUT2D eigenvalue weighted by Crippen LogP contribution is 2.60. The van der Waals surface area contributed by atoms with Gasteiger partial charge in [-0.05, 0) is 56.9 Å². The van der Waals surface area contributed by atoms with Crippen molar-refractivity contribution in [3.63, 3.8) is 0 Å². The Hall–Kier alpha value is -3.32. The summed E-state index contributed by atoms with van der Waals surface area (Å²) in [6.45, 7) is 4.19. The molecule has 7 N–H and O–H groups in total. The normalized spacial score (nSPS) is 20.6. The van der Waals surface area contributed by atoms with Crippen LogP contribution < -0.4 is 11.4 Å². The fourth-order valence-corrected chi connectivity index (χ4v) is 8.80. The third-order valence-corrected chi connectivity index (χ3v) is 13.0. The van der Waals surface area contributed by atoms with Gasteiger partial charge in [0.2, 0.25) is 0 Å². The number of phosphoric ester groups is 2. The summed E-state index contributed by atoms with van der Waals surface area (Å²) in [5, 5.41) is 31.0. The number of aromatic nitrogens is 2. The highest BCUT2D eigenvalue weighted by Gasteiger charge is 2.46. The third kappa shape index (κ3) is 28.1. The van der Waals surface area contributed by atoms with Gasteiger partial charge in [-0.15, -0.1) is 0 Å². The molecule has 1 aliphatic heterocycles. The Morgan fingerprint density at radius 1 is 0.836 bits per heavy atom.